The lowest BCUT2D eigenvalue weighted by Crippen LogP contribution is -2.41. The minimum atomic E-state index is -0.366. The smallest absolute Gasteiger partial charge is 0.294 e. The summed E-state index contributed by atoms with van der Waals surface area (Å²) in [5.74, 6) is 0.329. The fourth-order valence-corrected chi connectivity index (χ4v) is 5.47. The summed E-state index contributed by atoms with van der Waals surface area (Å²) in [6.07, 6.45) is 5.01. The van der Waals surface area contributed by atoms with Crippen molar-refractivity contribution in [3.63, 3.8) is 0 Å². The quantitative estimate of drug-likeness (QED) is 0.405. The lowest BCUT2D eigenvalue weighted by molar-refractivity contribution is -0.119. The van der Waals surface area contributed by atoms with Crippen molar-refractivity contribution in [3.05, 3.63) is 59.1 Å². The van der Waals surface area contributed by atoms with Gasteiger partial charge in [-0.2, -0.15) is 5.10 Å². The Kier molecular flexibility index (Phi) is 6.19. The third-order valence-corrected chi connectivity index (χ3v) is 7.10. The Morgan fingerprint density at radius 2 is 1.88 bits per heavy atom. The number of aromatic nitrogens is 3. The molecule has 5 rings (SSSR count). The van der Waals surface area contributed by atoms with Crippen molar-refractivity contribution in [2.24, 2.45) is 0 Å². The first-order chi connectivity index (χ1) is 16.5. The van der Waals surface area contributed by atoms with Crippen LogP contribution in [0, 0.1) is 0 Å². The number of piperidine rings is 1. The molecular weight excluding hydrogens is 450 g/mol. The molecule has 1 fully saturated rings. The summed E-state index contributed by atoms with van der Waals surface area (Å²) >= 11 is 1.46. The molecule has 9 heteroatoms. The molecule has 1 amide bonds. The fourth-order valence-electron chi connectivity index (χ4n) is 4.37. The van der Waals surface area contributed by atoms with Gasteiger partial charge >= 0.3 is 0 Å². The van der Waals surface area contributed by atoms with E-state index in [9.17, 15) is 9.59 Å². The van der Waals surface area contributed by atoms with Crippen LogP contribution in [0.4, 0.5) is 10.8 Å². The number of benzene rings is 1. The molecule has 0 unspecified atom stereocenters. The Bertz CT molecular complexity index is 1340. The number of hydrogen-bond acceptors (Lipinski definition) is 7. The van der Waals surface area contributed by atoms with Crippen molar-refractivity contribution in [2.45, 2.75) is 45.7 Å². The van der Waals surface area contributed by atoms with E-state index in [0.717, 1.165) is 36.8 Å². The maximum absolute atomic E-state index is 13.4. The summed E-state index contributed by atoms with van der Waals surface area (Å²) in [4.78, 5) is 35.4. The van der Waals surface area contributed by atoms with Crippen LogP contribution < -0.4 is 15.4 Å². The number of fused-ring (bicyclic) bond motifs is 1. The molecular formula is C25H27N5O3S. The first-order valence-corrected chi connectivity index (χ1v) is 12.4. The molecule has 1 aromatic carbocycles. The Hall–Kier alpha value is -3.46. The molecule has 0 radical (unpaired) electrons. The summed E-state index contributed by atoms with van der Waals surface area (Å²) in [7, 11) is 0. The van der Waals surface area contributed by atoms with Gasteiger partial charge < -0.3 is 14.2 Å². The summed E-state index contributed by atoms with van der Waals surface area (Å²) in [6, 6.07) is 13.0. The molecule has 0 atom stereocenters. The minimum absolute atomic E-state index is 0.0798. The molecule has 4 heterocycles. The van der Waals surface area contributed by atoms with E-state index >= 15 is 0 Å². The summed E-state index contributed by atoms with van der Waals surface area (Å²) in [5.41, 5.74) is 1.28. The van der Waals surface area contributed by atoms with E-state index in [1.165, 1.54) is 22.4 Å². The highest BCUT2D eigenvalue weighted by atomic mass is 32.1. The second kappa shape index (κ2) is 9.42. The summed E-state index contributed by atoms with van der Waals surface area (Å²) in [5, 5.41) is 5.41. The molecule has 176 valence electrons. The molecule has 0 spiro atoms. The molecule has 3 aromatic heterocycles. The number of carbonyl (C=O) groups excluding carboxylic acids is 1. The van der Waals surface area contributed by atoms with Gasteiger partial charge in [-0.15, -0.1) is 0 Å². The zero-order chi connectivity index (χ0) is 23.7. The summed E-state index contributed by atoms with van der Waals surface area (Å²) in [6.45, 7) is 5.56. The van der Waals surface area contributed by atoms with Gasteiger partial charge in [0.05, 0.1) is 11.0 Å². The van der Waals surface area contributed by atoms with Crippen molar-refractivity contribution < 1.29 is 9.21 Å². The second-order valence-corrected chi connectivity index (χ2v) is 9.68. The number of furan rings is 1. The van der Waals surface area contributed by atoms with Crippen molar-refractivity contribution in [2.75, 3.05) is 22.9 Å². The van der Waals surface area contributed by atoms with Gasteiger partial charge in [-0.3, -0.25) is 9.59 Å². The number of rotatable bonds is 6. The first-order valence-electron chi connectivity index (χ1n) is 11.6. The fraction of sp³-hybridized carbons (Fsp3) is 0.360. The molecule has 8 nitrogen and oxygen atoms in total. The molecule has 1 aliphatic rings. The predicted octanol–water partition coefficient (Wildman–Crippen LogP) is 4.54. The van der Waals surface area contributed by atoms with Gasteiger partial charge in [0.2, 0.25) is 5.91 Å². The van der Waals surface area contributed by atoms with Crippen LogP contribution in [0.3, 0.4) is 0 Å². The number of carbonyl (C=O) groups is 1. The van der Waals surface area contributed by atoms with Crippen LogP contribution in [0.5, 0.6) is 0 Å². The largest absolute Gasteiger partial charge is 0.463 e. The average molecular weight is 478 g/mol. The highest BCUT2D eigenvalue weighted by Crippen LogP contribution is 2.34. The molecule has 0 N–H and O–H groups in total. The van der Waals surface area contributed by atoms with Crippen molar-refractivity contribution in [1.29, 1.82) is 0 Å². The Labute approximate surface area is 201 Å². The number of amides is 1. The summed E-state index contributed by atoms with van der Waals surface area (Å²) < 4.78 is 7.54. The highest BCUT2D eigenvalue weighted by molar-refractivity contribution is 7.22. The van der Waals surface area contributed by atoms with E-state index in [0.29, 0.717) is 21.7 Å². The molecule has 4 aromatic rings. The number of anilines is 2. The van der Waals surface area contributed by atoms with E-state index in [4.69, 9.17) is 9.40 Å². The van der Waals surface area contributed by atoms with Gasteiger partial charge in [-0.05, 0) is 57.4 Å². The topological polar surface area (TPSA) is 84.5 Å². The van der Waals surface area contributed by atoms with Crippen LogP contribution in [0.1, 0.15) is 33.1 Å². The number of thiazole rings is 1. The van der Waals surface area contributed by atoms with Crippen LogP contribution in [-0.4, -0.2) is 39.8 Å². The van der Waals surface area contributed by atoms with Crippen LogP contribution in [0.15, 0.2) is 57.9 Å². The van der Waals surface area contributed by atoms with Crippen LogP contribution in [0.2, 0.25) is 0 Å². The minimum Gasteiger partial charge on any atom is -0.463 e. The number of nitrogens with zero attached hydrogens (tertiary/aromatic N) is 5. The molecule has 1 saturated heterocycles. The van der Waals surface area contributed by atoms with Gasteiger partial charge in [0.15, 0.2) is 16.4 Å². The zero-order valence-corrected chi connectivity index (χ0v) is 20.1. The third-order valence-electron chi connectivity index (χ3n) is 5.97. The van der Waals surface area contributed by atoms with Crippen LogP contribution in [-0.2, 0) is 11.3 Å². The van der Waals surface area contributed by atoms with Crippen molar-refractivity contribution >= 4 is 38.3 Å². The van der Waals surface area contributed by atoms with E-state index in [2.05, 4.69) is 10.00 Å². The highest BCUT2D eigenvalue weighted by Gasteiger charge is 2.25. The van der Waals surface area contributed by atoms with Crippen LogP contribution >= 0.6 is 11.3 Å². The Morgan fingerprint density at radius 1 is 1.12 bits per heavy atom. The van der Waals surface area contributed by atoms with Gasteiger partial charge in [-0.1, -0.05) is 29.5 Å². The number of hydrogen-bond donors (Lipinski definition) is 0. The first kappa shape index (κ1) is 22.3. The monoisotopic (exact) mass is 477 g/mol. The molecule has 34 heavy (non-hydrogen) atoms. The van der Waals surface area contributed by atoms with Gasteiger partial charge in [0.1, 0.15) is 12.2 Å². The molecule has 0 aliphatic carbocycles. The van der Waals surface area contributed by atoms with E-state index in [1.807, 2.05) is 50.2 Å². The standard InChI is InChI=1S/C25H27N5O3S/c1-17(2)30(18-10-5-3-6-11-18)20(31)16-29-24(32)22-23(21(27-29)19-12-9-15-33-19)34-25(26-22)28-13-7-4-8-14-28/h3,5-6,9-12,15,17H,4,7-8,13-14,16H2,1-2H3. The van der Waals surface area contributed by atoms with E-state index < -0.39 is 0 Å². The normalized spacial score (nSPS) is 14.1. The van der Waals surface area contributed by atoms with Crippen LogP contribution in [0.25, 0.3) is 21.7 Å². The molecule has 0 bridgehead atoms. The lowest BCUT2D eigenvalue weighted by Gasteiger charge is -2.27. The van der Waals surface area contributed by atoms with E-state index in [1.54, 1.807) is 17.2 Å². The number of para-hydroxylation sites is 1. The van der Waals surface area contributed by atoms with E-state index in [-0.39, 0.29) is 24.1 Å². The predicted molar refractivity (Wildman–Crippen MR) is 135 cm³/mol. The van der Waals surface area contributed by atoms with Gasteiger partial charge in [-0.25, -0.2) is 9.67 Å². The zero-order valence-electron chi connectivity index (χ0n) is 19.3. The van der Waals surface area contributed by atoms with Crippen molar-refractivity contribution in [3.8, 4) is 11.5 Å². The SMILES string of the molecule is CC(C)N(C(=O)Cn1nc(-c2ccco2)c2sc(N3CCCCC3)nc2c1=O)c1ccccc1. The average Bonchev–Trinajstić information content (AvgIpc) is 3.53. The molecule has 0 saturated carbocycles. The lowest BCUT2D eigenvalue weighted by atomic mass is 10.1. The Balaban J connectivity index is 1.57. The second-order valence-electron chi connectivity index (χ2n) is 8.70. The molecule has 1 aliphatic heterocycles. The maximum Gasteiger partial charge on any atom is 0.294 e. The van der Waals surface area contributed by atoms with Gasteiger partial charge in [0.25, 0.3) is 5.56 Å². The Morgan fingerprint density at radius 3 is 2.56 bits per heavy atom. The maximum atomic E-state index is 13.4. The van der Waals surface area contributed by atoms with Gasteiger partial charge in [0, 0.05) is 24.8 Å². The third kappa shape index (κ3) is 4.23. The van der Waals surface area contributed by atoms with Crippen molar-refractivity contribution in [1.82, 2.24) is 14.8 Å².